The van der Waals surface area contributed by atoms with E-state index in [1.165, 1.54) is 49.7 Å². The Morgan fingerprint density at radius 1 is 0.500 bits per heavy atom. The number of allylic oxidation sites excluding steroid dienone is 2. The largest absolute Gasteiger partial charge is 0.456 e. The van der Waals surface area contributed by atoms with E-state index in [0.29, 0.717) is 5.82 Å². The number of nitrogens with one attached hydrogen (secondary N) is 1. The van der Waals surface area contributed by atoms with Crippen LogP contribution in [0.25, 0.3) is 100.0 Å². The second kappa shape index (κ2) is 16.1. The van der Waals surface area contributed by atoms with Gasteiger partial charge in [-0.25, -0.2) is 9.97 Å². The number of furan rings is 1. The maximum atomic E-state index is 6.68. The molecule has 4 heteroatoms. The third-order valence-electron chi connectivity index (χ3n) is 14.1. The van der Waals surface area contributed by atoms with E-state index >= 15 is 0 Å². The van der Waals surface area contributed by atoms with Gasteiger partial charge in [0, 0.05) is 49.7 Å². The van der Waals surface area contributed by atoms with Crippen molar-refractivity contribution < 1.29 is 4.42 Å². The van der Waals surface area contributed by atoms with Crippen LogP contribution in [0.5, 0.6) is 0 Å². The molecule has 322 valence electrons. The van der Waals surface area contributed by atoms with Crippen LogP contribution in [0, 0.1) is 0 Å². The molecule has 68 heavy (non-hydrogen) atoms. The quantitative estimate of drug-likeness (QED) is 0.173. The molecule has 0 saturated carbocycles. The maximum absolute atomic E-state index is 6.68. The normalized spacial score (nSPS) is 16.3. The van der Waals surface area contributed by atoms with Gasteiger partial charge < -0.3 is 9.73 Å². The Bertz CT molecular complexity index is 3810. The average molecular weight is 872 g/mol. The van der Waals surface area contributed by atoms with E-state index in [1.54, 1.807) is 0 Å². The molecule has 2 aliphatic rings. The standard InChI is InChI=1S/C64H45N3O/c1-64(36-34-44(35-37-64)62-52-39-58-61(51-29-14-16-31-57(51)68-58)59(43-22-9-4-10-23-43)60(52)50-28-13-15-30-54(50)65-62)53-33-32-49(47-26-11-12-27-48(47)53)56-40-55(42-20-7-3-8-21-42)66-63(67-56)46-25-17-24-45(38-46)41-18-5-2-6-19-41/h2-36,38-40,62,65H,37H2,1H3. The van der Waals surface area contributed by atoms with Crippen molar-refractivity contribution in [3.63, 3.8) is 0 Å². The summed E-state index contributed by atoms with van der Waals surface area (Å²) in [5, 5.41) is 8.67. The molecule has 1 N–H and O–H groups in total. The van der Waals surface area contributed by atoms with Crippen molar-refractivity contribution in [3.8, 4) is 67.3 Å². The molecule has 13 rings (SSSR count). The summed E-state index contributed by atoms with van der Waals surface area (Å²) in [5.74, 6) is 0.699. The Labute approximate surface area is 395 Å². The fraction of sp³-hybridized carbons (Fsp3) is 0.0625. The van der Waals surface area contributed by atoms with Crippen molar-refractivity contribution in [3.05, 3.63) is 247 Å². The van der Waals surface area contributed by atoms with E-state index in [1.807, 2.05) is 6.07 Å². The first-order chi connectivity index (χ1) is 33.6. The Morgan fingerprint density at radius 2 is 1.15 bits per heavy atom. The first kappa shape index (κ1) is 39.7. The van der Waals surface area contributed by atoms with Gasteiger partial charge >= 0.3 is 0 Å². The summed E-state index contributed by atoms with van der Waals surface area (Å²) in [6, 6.07) is 75.3. The number of para-hydroxylation sites is 2. The van der Waals surface area contributed by atoms with Gasteiger partial charge in [0.05, 0.1) is 17.4 Å². The van der Waals surface area contributed by atoms with Gasteiger partial charge in [0.2, 0.25) is 0 Å². The highest BCUT2D eigenvalue weighted by atomic mass is 16.3. The monoisotopic (exact) mass is 871 g/mol. The summed E-state index contributed by atoms with van der Waals surface area (Å²) in [7, 11) is 0. The smallest absolute Gasteiger partial charge is 0.160 e. The van der Waals surface area contributed by atoms with Crippen LogP contribution in [0.2, 0.25) is 0 Å². The molecular weight excluding hydrogens is 827 g/mol. The molecule has 2 atom stereocenters. The molecular formula is C64H45N3O. The highest BCUT2D eigenvalue weighted by molar-refractivity contribution is 6.17. The first-order valence-corrected chi connectivity index (χ1v) is 23.5. The maximum Gasteiger partial charge on any atom is 0.160 e. The lowest BCUT2D eigenvalue weighted by molar-refractivity contribution is 0.597. The highest BCUT2D eigenvalue weighted by Gasteiger charge is 2.34. The second-order valence-electron chi connectivity index (χ2n) is 18.3. The predicted octanol–water partition coefficient (Wildman–Crippen LogP) is 16.8. The molecule has 11 aromatic rings. The topological polar surface area (TPSA) is 51.0 Å². The SMILES string of the molecule is CC1(c2ccc(-c3cc(-c4ccccc4)nc(-c4cccc(-c5ccccc5)c4)n3)c3ccccc23)C=CC(C2Nc3ccccc3-c3c2cc2oc4ccccc4c2c3-c2ccccc2)=CC1. The first-order valence-electron chi connectivity index (χ1n) is 23.5. The van der Waals surface area contributed by atoms with Crippen molar-refractivity contribution in [2.45, 2.75) is 24.8 Å². The lowest BCUT2D eigenvalue weighted by Gasteiger charge is -2.36. The summed E-state index contributed by atoms with van der Waals surface area (Å²) in [6.07, 6.45) is 8.08. The molecule has 2 aromatic heterocycles. The summed E-state index contributed by atoms with van der Waals surface area (Å²) >= 11 is 0. The van der Waals surface area contributed by atoms with Gasteiger partial charge in [-0.3, -0.25) is 0 Å². The lowest BCUT2D eigenvalue weighted by atomic mass is 9.72. The number of benzene rings is 9. The second-order valence-corrected chi connectivity index (χ2v) is 18.3. The van der Waals surface area contributed by atoms with Crippen LogP contribution in [-0.2, 0) is 5.41 Å². The molecule has 9 aromatic carbocycles. The Hall–Kier alpha value is -8.60. The molecule has 0 amide bonds. The molecule has 0 radical (unpaired) electrons. The molecule has 0 fully saturated rings. The summed E-state index contributed by atoms with van der Waals surface area (Å²) in [4.78, 5) is 10.5. The fourth-order valence-corrected chi connectivity index (χ4v) is 10.8. The van der Waals surface area contributed by atoms with Crippen LogP contribution in [0.15, 0.2) is 241 Å². The number of rotatable bonds is 7. The molecule has 2 unspecified atom stereocenters. The molecule has 0 bridgehead atoms. The van der Waals surface area contributed by atoms with Crippen LogP contribution in [-0.4, -0.2) is 9.97 Å². The zero-order valence-corrected chi connectivity index (χ0v) is 37.5. The van der Waals surface area contributed by atoms with Crippen molar-refractivity contribution in [2.24, 2.45) is 0 Å². The minimum atomic E-state index is -0.265. The zero-order valence-electron chi connectivity index (χ0n) is 37.5. The predicted molar refractivity (Wildman–Crippen MR) is 281 cm³/mol. The minimum absolute atomic E-state index is 0.0842. The minimum Gasteiger partial charge on any atom is -0.456 e. The average Bonchev–Trinajstić information content (AvgIpc) is 3.79. The third kappa shape index (κ3) is 6.67. The van der Waals surface area contributed by atoms with E-state index < -0.39 is 0 Å². The number of fused-ring (bicyclic) bond motifs is 7. The van der Waals surface area contributed by atoms with Crippen LogP contribution in [0.1, 0.15) is 30.5 Å². The molecule has 1 aliphatic heterocycles. The Kier molecular flexibility index (Phi) is 9.40. The van der Waals surface area contributed by atoms with Gasteiger partial charge in [-0.05, 0) is 86.5 Å². The van der Waals surface area contributed by atoms with Gasteiger partial charge in [-0.2, -0.15) is 0 Å². The summed E-state index contributed by atoms with van der Waals surface area (Å²) in [6.45, 7) is 2.37. The van der Waals surface area contributed by atoms with Crippen molar-refractivity contribution in [2.75, 3.05) is 5.32 Å². The number of hydrogen-bond donors (Lipinski definition) is 1. The van der Waals surface area contributed by atoms with Crippen molar-refractivity contribution in [1.82, 2.24) is 9.97 Å². The van der Waals surface area contributed by atoms with E-state index in [-0.39, 0.29) is 11.5 Å². The van der Waals surface area contributed by atoms with Gasteiger partial charge in [-0.1, -0.05) is 207 Å². The summed E-state index contributed by atoms with van der Waals surface area (Å²) < 4.78 is 6.68. The van der Waals surface area contributed by atoms with Crippen LogP contribution in [0.3, 0.4) is 0 Å². The van der Waals surface area contributed by atoms with Gasteiger partial charge in [-0.15, -0.1) is 0 Å². The highest BCUT2D eigenvalue weighted by Crippen LogP contribution is 2.53. The van der Waals surface area contributed by atoms with Gasteiger partial charge in [0.25, 0.3) is 0 Å². The number of anilines is 1. The lowest BCUT2D eigenvalue weighted by Crippen LogP contribution is -2.24. The molecule has 4 nitrogen and oxygen atoms in total. The summed E-state index contributed by atoms with van der Waals surface area (Å²) in [5.41, 5.74) is 18.5. The number of nitrogens with zero attached hydrogens (tertiary/aromatic N) is 2. The van der Waals surface area contributed by atoms with Crippen molar-refractivity contribution in [1.29, 1.82) is 0 Å². The van der Waals surface area contributed by atoms with E-state index in [4.69, 9.17) is 14.4 Å². The number of hydrogen-bond acceptors (Lipinski definition) is 4. The molecule has 0 saturated heterocycles. The third-order valence-corrected chi connectivity index (χ3v) is 14.1. The van der Waals surface area contributed by atoms with Gasteiger partial charge in [0.15, 0.2) is 5.82 Å². The zero-order chi connectivity index (χ0) is 45.2. The van der Waals surface area contributed by atoms with Crippen molar-refractivity contribution >= 4 is 38.4 Å². The molecule has 1 aliphatic carbocycles. The van der Waals surface area contributed by atoms with Gasteiger partial charge in [0.1, 0.15) is 11.2 Å². The fourth-order valence-electron chi connectivity index (χ4n) is 10.8. The molecule has 0 spiro atoms. The number of aromatic nitrogens is 2. The Morgan fingerprint density at radius 3 is 1.93 bits per heavy atom. The van der Waals surface area contributed by atoms with Crippen LogP contribution < -0.4 is 5.32 Å². The van der Waals surface area contributed by atoms with E-state index in [0.717, 1.165) is 73.3 Å². The van der Waals surface area contributed by atoms with Crippen LogP contribution >= 0.6 is 0 Å². The molecule has 3 heterocycles. The van der Waals surface area contributed by atoms with Crippen LogP contribution in [0.4, 0.5) is 5.69 Å². The van der Waals surface area contributed by atoms with E-state index in [2.05, 4.69) is 237 Å². The van der Waals surface area contributed by atoms with E-state index in [9.17, 15) is 0 Å². The Balaban J connectivity index is 0.904.